The van der Waals surface area contributed by atoms with Gasteiger partial charge in [0.25, 0.3) is 0 Å². The van der Waals surface area contributed by atoms with Crippen LogP contribution in [0.4, 0.5) is 4.79 Å². The zero-order chi connectivity index (χ0) is 10.2. The number of nitrogens with zero attached hydrogens (tertiary/aromatic N) is 2. The summed E-state index contributed by atoms with van der Waals surface area (Å²) in [6.07, 6.45) is -0.164. The minimum Gasteiger partial charge on any atom is -0.341 e. The molecule has 0 radical (unpaired) electrons. The van der Waals surface area contributed by atoms with Crippen LogP contribution in [-0.2, 0) is 4.79 Å². The van der Waals surface area contributed by atoms with Crippen molar-refractivity contribution >= 4 is 11.9 Å². The second-order valence-electron chi connectivity index (χ2n) is 3.22. The zero-order valence-corrected chi connectivity index (χ0v) is 8.37. The summed E-state index contributed by atoms with van der Waals surface area (Å²) in [4.78, 5) is 25.9. The number of urea groups is 1. The number of likely N-dealkylation sites (N-methyl/N-ethyl adjacent to an activating group) is 1. The first kappa shape index (κ1) is 9.83. The number of hydrogen-bond acceptors (Lipinski definition) is 2. The van der Waals surface area contributed by atoms with Gasteiger partial charge in [0.2, 0.25) is 5.91 Å². The van der Waals surface area contributed by atoms with Gasteiger partial charge in [0.05, 0.1) is 0 Å². The molecule has 0 saturated carbocycles. The number of amides is 3. The van der Waals surface area contributed by atoms with E-state index in [2.05, 4.69) is 5.32 Å². The molecule has 0 aromatic heterocycles. The first-order valence-electron chi connectivity index (χ1n) is 4.27. The van der Waals surface area contributed by atoms with Crippen LogP contribution in [0.1, 0.15) is 13.8 Å². The molecule has 0 spiro atoms. The molecule has 1 aliphatic rings. The fourth-order valence-electron chi connectivity index (χ4n) is 1.58. The summed E-state index contributed by atoms with van der Waals surface area (Å²) in [6, 6.07) is -0.572. The van der Waals surface area contributed by atoms with Crippen molar-refractivity contribution in [2.24, 2.45) is 0 Å². The predicted molar refractivity (Wildman–Crippen MR) is 48.0 cm³/mol. The second kappa shape index (κ2) is 3.24. The minimum absolute atomic E-state index is 0.0175. The molecule has 2 atom stereocenters. The Bertz CT molecular complexity index is 242. The molecule has 3 amide bonds. The Morgan fingerprint density at radius 3 is 2.31 bits per heavy atom. The Hall–Kier alpha value is -1.26. The summed E-state index contributed by atoms with van der Waals surface area (Å²) < 4.78 is 0. The molecule has 0 aromatic rings. The van der Waals surface area contributed by atoms with E-state index in [1.54, 1.807) is 25.9 Å². The van der Waals surface area contributed by atoms with E-state index in [1.165, 1.54) is 4.90 Å². The lowest BCUT2D eigenvalue weighted by Gasteiger charge is -2.25. The molecular formula is C8H15N3O2. The lowest BCUT2D eigenvalue weighted by molar-refractivity contribution is -0.128. The highest BCUT2D eigenvalue weighted by molar-refractivity contribution is 5.90. The van der Waals surface area contributed by atoms with E-state index in [4.69, 9.17) is 0 Å². The number of hydrogen-bond donors (Lipinski definition) is 1. The smallest absolute Gasteiger partial charge is 0.319 e. The van der Waals surface area contributed by atoms with Crippen molar-refractivity contribution < 1.29 is 9.59 Å². The van der Waals surface area contributed by atoms with Crippen LogP contribution in [0, 0.1) is 0 Å². The maximum Gasteiger partial charge on any atom is 0.319 e. The van der Waals surface area contributed by atoms with Gasteiger partial charge in [0.1, 0.15) is 12.2 Å². The first-order chi connectivity index (χ1) is 6.00. The number of carbonyl (C=O) groups excluding carboxylic acids is 2. The topological polar surface area (TPSA) is 52.7 Å². The normalized spacial score (nSPS) is 28.2. The van der Waals surface area contributed by atoms with Crippen molar-refractivity contribution in [1.29, 1.82) is 0 Å². The van der Waals surface area contributed by atoms with Crippen LogP contribution in [0.3, 0.4) is 0 Å². The van der Waals surface area contributed by atoms with E-state index in [0.29, 0.717) is 0 Å². The molecule has 1 rings (SSSR count). The van der Waals surface area contributed by atoms with Crippen LogP contribution >= 0.6 is 0 Å². The molecule has 0 unspecified atom stereocenters. The summed E-state index contributed by atoms with van der Waals surface area (Å²) >= 11 is 0. The summed E-state index contributed by atoms with van der Waals surface area (Å²) in [5.74, 6) is -0.0175. The second-order valence-corrected chi connectivity index (χ2v) is 3.22. The molecule has 0 aliphatic carbocycles. The fraction of sp³-hybridized carbons (Fsp3) is 0.750. The average molecular weight is 185 g/mol. The van der Waals surface area contributed by atoms with Crippen LogP contribution in [0.25, 0.3) is 0 Å². The van der Waals surface area contributed by atoms with E-state index in [1.807, 2.05) is 6.92 Å². The lowest BCUT2D eigenvalue weighted by atomic mass is 10.3. The van der Waals surface area contributed by atoms with E-state index in [-0.39, 0.29) is 24.1 Å². The van der Waals surface area contributed by atoms with Gasteiger partial charge in [-0.2, -0.15) is 0 Å². The summed E-state index contributed by atoms with van der Waals surface area (Å²) in [6.45, 7) is 3.56. The number of nitrogens with one attached hydrogen (secondary N) is 1. The Balaban J connectivity index is 2.87. The monoisotopic (exact) mass is 185 g/mol. The highest BCUT2D eigenvalue weighted by atomic mass is 16.2. The van der Waals surface area contributed by atoms with Crippen LogP contribution < -0.4 is 5.32 Å². The Morgan fingerprint density at radius 1 is 1.46 bits per heavy atom. The maximum atomic E-state index is 11.5. The van der Waals surface area contributed by atoms with E-state index >= 15 is 0 Å². The maximum absolute atomic E-state index is 11.5. The van der Waals surface area contributed by atoms with Crippen molar-refractivity contribution in [3.8, 4) is 0 Å². The first-order valence-corrected chi connectivity index (χ1v) is 4.27. The quantitative estimate of drug-likeness (QED) is 0.570. The van der Waals surface area contributed by atoms with Crippen LogP contribution in [0.5, 0.6) is 0 Å². The van der Waals surface area contributed by atoms with Gasteiger partial charge in [-0.3, -0.25) is 9.69 Å². The molecule has 13 heavy (non-hydrogen) atoms. The molecule has 5 nitrogen and oxygen atoms in total. The third kappa shape index (κ3) is 1.34. The SMILES string of the molecule is CNC(=O)N1[C@H](C)N(C)C(=O)[C@@H]1C. The molecular weight excluding hydrogens is 170 g/mol. The van der Waals surface area contributed by atoms with E-state index < -0.39 is 0 Å². The summed E-state index contributed by atoms with van der Waals surface area (Å²) in [5, 5.41) is 2.52. The van der Waals surface area contributed by atoms with Gasteiger partial charge in [-0.25, -0.2) is 4.79 Å². The molecule has 1 fully saturated rings. The summed E-state index contributed by atoms with van der Waals surface area (Å²) in [7, 11) is 3.26. The Kier molecular flexibility index (Phi) is 2.45. The number of rotatable bonds is 0. The van der Waals surface area contributed by atoms with E-state index in [9.17, 15) is 9.59 Å². The third-order valence-electron chi connectivity index (χ3n) is 2.53. The van der Waals surface area contributed by atoms with Crippen LogP contribution in [0.2, 0.25) is 0 Å². The molecule has 5 heteroatoms. The Labute approximate surface area is 77.7 Å². The van der Waals surface area contributed by atoms with Crippen molar-refractivity contribution in [3.63, 3.8) is 0 Å². The van der Waals surface area contributed by atoms with Crippen molar-refractivity contribution in [2.75, 3.05) is 14.1 Å². The standard InChI is InChI=1S/C8H15N3O2/c1-5-7(12)10(4)6(2)11(5)8(13)9-3/h5-6H,1-4H3,(H,9,13)/t5-,6+/m0/s1. The van der Waals surface area contributed by atoms with Crippen molar-refractivity contribution in [3.05, 3.63) is 0 Å². The van der Waals surface area contributed by atoms with E-state index in [0.717, 1.165) is 0 Å². The third-order valence-corrected chi connectivity index (χ3v) is 2.53. The van der Waals surface area contributed by atoms with Gasteiger partial charge >= 0.3 is 6.03 Å². The van der Waals surface area contributed by atoms with Gasteiger partial charge in [-0.05, 0) is 13.8 Å². The average Bonchev–Trinajstić information content (AvgIpc) is 2.30. The molecule has 1 N–H and O–H groups in total. The molecule has 74 valence electrons. The van der Waals surface area contributed by atoms with Crippen molar-refractivity contribution in [1.82, 2.24) is 15.1 Å². The zero-order valence-electron chi connectivity index (χ0n) is 8.37. The largest absolute Gasteiger partial charge is 0.341 e. The van der Waals surface area contributed by atoms with Gasteiger partial charge < -0.3 is 10.2 Å². The van der Waals surface area contributed by atoms with Crippen LogP contribution in [-0.4, -0.2) is 48.0 Å². The lowest BCUT2D eigenvalue weighted by Crippen LogP contribution is -2.45. The van der Waals surface area contributed by atoms with Gasteiger partial charge in [-0.15, -0.1) is 0 Å². The molecule has 0 aromatic carbocycles. The van der Waals surface area contributed by atoms with Crippen molar-refractivity contribution in [2.45, 2.75) is 26.1 Å². The molecule has 0 bridgehead atoms. The minimum atomic E-state index is -0.361. The Morgan fingerprint density at radius 2 is 2.00 bits per heavy atom. The molecule has 1 heterocycles. The molecule has 1 aliphatic heterocycles. The van der Waals surface area contributed by atoms with Gasteiger partial charge in [0.15, 0.2) is 0 Å². The fourth-order valence-corrected chi connectivity index (χ4v) is 1.58. The van der Waals surface area contributed by atoms with Crippen LogP contribution in [0.15, 0.2) is 0 Å². The highest BCUT2D eigenvalue weighted by Crippen LogP contribution is 2.19. The van der Waals surface area contributed by atoms with Gasteiger partial charge in [-0.1, -0.05) is 0 Å². The highest BCUT2D eigenvalue weighted by Gasteiger charge is 2.41. The molecule has 1 saturated heterocycles. The predicted octanol–water partition coefficient (Wildman–Crippen LogP) is -0.166. The van der Waals surface area contributed by atoms with Gasteiger partial charge in [0, 0.05) is 14.1 Å². The number of carbonyl (C=O) groups is 2. The summed E-state index contributed by atoms with van der Waals surface area (Å²) in [5.41, 5.74) is 0.